The van der Waals surface area contributed by atoms with E-state index in [1.54, 1.807) is 24.8 Å². The first-order chi connectivity index (χ1) is 7.91. The van der Waals surface area contributed by atoms with Crippen molar-refractivity contribution in [3.8, 4) is 0 Å². The molecule has 0 atom stereocenters. The largest absolute Gasteiger partial charge is 0.329 e. The summed E-state index contributed by atoms with van der Waals surface area (Å²) in [6.45, 7) is 1.19. The Morgan fingerprint density at radius 2 is 0.875 bits per heavy atom. The van der Waals surface area contributed by atoms with Gasteiger partial charge in [-0.15, -0.1) is 0 Å². The molecule has 0 spiro atoms. The first kappa shape index (κ1) is 14.2. The van der Waals surface area contributed by atoms with E-state index in [1.807, 2.05) is 36.4 Å². The van der Waals surface area contributed by atoms with Crippen LogP contribution in [0.2, 0.25) is 0 Å². The Morgan fingerprint density at radius 3 is 0.938 bits per heavy atom. The van der Waals surface area contributed by atoms with Gasteiger partial charge in [-0.3, -0.25) is 9.97 Å². The van der Waals surface area contributed by atoms with Crippen molar-refractivity contribution >= 4 is 0 Å². The van der Waals surface area contributed by atoms with Crippen LogP contribution >= 0.6 is 0 Å². The quantitative estimate of drug-likeness (QED) is 0.750. The minimum absolute atomic E-state index is 0.597. The third kappa shape index (κ3) is 12.2. The van der Waals surface area contributed by atoms with E-state index in [2.05, 4.69) is 9.97 Å². The summed E-state index contributed by atoms with van der Waals surface area (Å²) in [4.78, 5) is 7.57. The standard InChI is InChI=1S/2C5H5N.C2H8N2/c2*1-2-4-6-5-3-1;3-1-2-4/h2*1-5H;1-4H2. The van der Waals surface area contributed by atoms with Gasteiger partial charge in [-0.1, -0.05) is 12.1 Å². The molecule has 16 heavy (non-hydrogen) atoms. The number of rotatable bonds is 1. The van der Waals surface area contributed by atoms with Crippen molar-refractivity contribution in [3.05, 3.63) is 61.2 Å². The molecule has 2 aromatic heterocycles. The van der Waals surface area contributed by atoms with E-state index in [4.69, 9.17) is 11.5 Å². The van der Waals surface area contributed by atoms with Crippen LogP contribution in [0.5, 0.6) is 0 Å². The van der Waals surface area contributed by atoms with Gasteiger partial charge in [0.25, 0.3) is 0 Å². The third-order valence-electron chi connectivity index (χ3n) is 1.30. The van der Waals surface area contributed by atoms with Gasteiger partial charge < -0.3 is 11.5 Å². The van der Waals surface area contributed by atoms with Crippen LogP contribution in [0.3, 0.4) is 0 Å². The van der Waals surface area contributed by atoms with Gasteiger partial charge in [-0.2, -0.15) is 0 Å². The van der Waals surface area contributed by atoms with Gasteiger partial charge >= 0.3 is 0 Å². The zero-order valence-corrected chi connectivity index (χ0v) is 9.24. The van der Waals surface area contributed by atoms with E-state index in [0.29, 0.717) is 13.1 Å². The van der Waals surface area contributed by atoms with Crippen LogP contribution in [-0.2, 0) is 0 Å². The molecule has 2 heterocycles. The fraction of sp³-hybridized carbons (Fsp3) is 0.167. The molecule has 0 radical (unpaired) electrons. The number of nitrogens with two attached hydrogens (primary N) is 2. The lowest BCUT2D eigenvalue weighted by Gasteiger charge is -1.72. The van der Waals surface area contributed by atoms with Crippen molar-refractivity contribution in [1.82, 2.24) is 9.97 Å². The van der Waals surface area contributed by atoms with Crippen LogP contribution in [0.1, 0.15) is 0 Å². The van der Waals surface area contributed by atoms with Gasteiger partial charge in [0.2, 0.25) is 0 Å². The van der Waals surface area contributed by atoms with Crippen LogP contribution in [0, 0.1) is 0 Å². The smallest absolute Gasteiger partial charge is 0.0267 e. The van der Waals surface area contributed by atoms with Crippen molar-refractivity contribution in [1.29, 1.82) is 0 Å². The van der Waals surface area contributed by atoms with Crippen LogP contribution in [0.4, 0.5) is 0 Å². The Kier molecular flexibility index (Phi) is 11.7. The van der Waals surface area contributed by atoms with Crippen LogP contribution in [0.15, 0.2) is 61.2 Å². The fourth-order valence-electron chi connectivity index (χ4n) is 0.625. The molecule has 0 saturated carbocycles. The summed E-state index contributed by atoms with van der Waals surface area (Å²) in [5.41, 5.74) is 9.81. The molecule has 4 heteroatoms. The molecule has 0 fully saturated rings. The molecule has 4 nitrogen and oxygen atoms in total. The molecule has 0 aliphatic rings. The predicted molar refractivity (Wildman–Crippen MR) is 66.6 cm³/mol. The Hall–Kier alpha value is -1.78. The maximum atomic E-state index is 4.90. The van der Waals surface area contributed by atoms with Gasteiger partial charge in [0, 0.05) is 37.9 Å². The minimum Gasteiger partial charge on any atom is -0.329 e. The molecule has 86 valence electrons. The van der Waals surface area contributed by atoms with Crippen LogP contribution in [0.25, 0.3) is 0 Å². The maximum Gasteiger partial charge on any atom is 0.0267 e. The van der Waals surface area contributed by atoms with E-state index in [0.717, 1.165) is 0 Å². The van der Waals surface area contributed by atoms with E-state index >= 15 is 0 Å². The second-order valence-electron chi connectivity index (χ2n) is 2.63. The topological polar surface area (TPSA) is 77.8 Å². The first-order valence-corrected chi connectivity index (χ1v) is 5.02. The van der Waals surface area contributed by atoms with E-state index in [-0.39, 0.29) is 0 Å². The van der Waals surface area contributed by atoms with Gasteiger partial charge in [0.15, 0.2) is 0 Å². The Labute approximate surface area is 96.3 Å². The van der Waals surface area contributed by atoms with Gasteiger partial charge in [-0.25, -0.2) is 0 Å². The number of hydrogen-bond donors (Lipinski definition) is 2. The SMILES string of the molecule is NCCN.c1ccncc1.c1ccncc1. The van der Waals surface area contributed by atoms with Gasteiger partial charge in [0.05, 0.1) is 0 Å². The molecule has 2 aromatic rings. The molecule has 4 N–H and O–H groups in total. The summed E-state index contributed by atoms with van der Waals surface area (Å²) in [6.07, 6.45) is 7.00. The molecule has 0 aliphatic carbocycles. The molecule has 0 saturated heterocycles. The van der Waals surface area contributed by atoms with Gasteiger partial charge in [0.1, 0.15) is 0 Å². The first-order valence-electron chi connectivity index (χ1n) is 5.02. The molecular formula is C12H18N4. The molecule has 0 unspecified atom stereocenters. The lowest BCUT2D eigenvalue weighted by Crippen LogP contribution is -2.11. The molecular weight excluding hydrogens is 200 g/mol. The summed E-state index contributed by atoms with van der Waals surface area (Å²) in [5.74, 6) is 0. The van der Waals surface area contributed by atoms with Crippen LogP contribution in [-0.4, -0.2) is 23.1 Å². The number of aromatic nitrogens is 2. The summed E-state index contributed by atoms with van der Waals surface area (Å²) in [6, 6.07) is 11.4. The monoisotopic (exact) mass is 218 g/mol. The Morgan fingerprint density at radius 1 is 0.562 bits per heavy atom. The number of hydrogen-bond acceptors (Lipinski definition) is 4. The molecule has 0 bridgehead atoms. The van der Waals surface area contributed by atoms with Crippen molar-refractivity contribution in [2.24, 2.45) is 11.5 Å². The number of pyridine rings is 2. The molecule has 0 aliphatic heterocycles. The van der Waals surface area contributed by atoms with E-state index in [1.165, 1.54) is 0 Å². The predicted octanol–water partition coefficient (Wildman–Crippen LogP) is 1.07. The molecule has 0 amide bonds. The Bertz CT molecular complexity index is 212. The number of nitrogens with zero attached hydrogens (tertiary/aromatic N) is 2. The van der Waals surface area contributed by atoms with E-state index in [9.17, 15) is 0 Å². The summed E-state index contributed by atoms with van der Waals surface area (Å²) >= 11 is 0. The van der Waals surface area contributed by atoms with Crippen LogP contribution < -0.4 is 11.5 Å². The second kappa shape index (κ2) is 13.2. The molecule has 0 aromatic carbocycles. The van der Waals surface area contributed by atoms with Crippen molar-refractivity contribution < 1.29 is 0 Å². The highest BCUT2D eigenvalue weighted by atomic mass is 14.6. The normalized spacial score (nSPS) is 7.88. The maximum absolute atomic E-state index is 4.90. The van der Waals surface area contributed by atoms with Crippen molar-refractivity contribution in [3.63, 3.8) is 0 Å². The van der Waals surface area contributed by atoms with Gasteiger partial charge in [-0.05, 0) is 24.3 Å². The second-order valence-corrected chi connectivity index (χ2v) is 2.63. The lowest BCUT2D eigenvalue weighted by atomic mass is 10.5. The highest BCUT2D eigenvalue weighted by molar-refractivity contribution is 4.88. The van der Waals surface area contributed by atoms with E-state index < -0.39 is 0 Å². The third-order valence-corrected chi connectivity index (χ3v) is 1.30. The minimum atomic E-state index is 0.597. The molecule has 2 rings (SSSR count). The van der Waals surface area contributed by atoms with Crippen molar-refractivity contribution in [2.45, 2.75) is 0 Å². The summed E-state index contributed by atoms with van der Waals surface area (Å²) < 4.78 is 0. The summed E-state index contributed by atoms with van der Waals surface area (Å²) in [5, 5.41) is 0. The average Bonchev–Trinajstić information content (AvgIpc) is 2.44. The summed E-state index contributed by atoms with van der Waals surface area (Å²) in [7, 11) is 0. The van der Waals surface area contributed by atoms with Crippen molar-refractivity contribution in [2.75, 3.05) is 13.1 Å². The highest BCUT2D eigenvalue weighted by Crippen LogP contribution is 1.74. The Balaban J connectivity index is 0.000000217. The zero-order chi connectivity index (χ0) is 11.9. The fourth-order valence-corrected chi connectivity index (χ4v) is 0.625. The zero-order valence-electron chi connectivity index (χ0n) is 9.24. The lowest BCUT2D eigenvalue weighted by molar-refractivity contribution is 0.976. The average molecular weight is 218 g/mol. The highest BCUT2D eigenvalue weighted by Gasteiger charge is 1.59.